The van der Waals surface area contributed by atoms with Gasteiger partial charge in [-0.3, -0.25) is 0 Å². The van der Waals surface area contributed by atoms with Crippen molar-refractivity contribution < 1.29 is 9.47 Å². The van der Waals surface area contributed by atoms with Crippen LogP contribution in [0.2, 0.25) is 0 Å². The number of methoxy groups -OCH3 is 2. The summed E-state index contributed by atoms with van der Waals surface area (Å²) in [5.74, 6) is 2.24. The number of hydrogen-bond acceptors (Lipinski definition) is 6. The summed E-state index contributed by atoms with van der Waals surface area (Å²) in [6.45, 7) is 1.96. The van der Waals surface area contributed by atoms with Crippen LogP contribution in [0.25, 0.3) is 0 Å². The summed E-state index contributed by atoms with van der Waals surface area (Å²) in [5.41, 5.74) is 0. The number of anilines is 2. The third kappa shape index (κ3) is 4.97. The van der Waals surface area contributed by atoms with Gasteiger partial charge in [-0.1, -0.05) is 0 Å². The highest BCUT2D eigenvalue weighted by atomic mass is 16.5. The van der Waals surface area contributed by atoms with E-state index >= 15 is 0 Å². The first-order chi connectivity index (χ1) is 8.30. The summed E-state index contributed by atoms with van der Waals surface area (Å²) >= 11 is 0. The maximum Gasteiger partial charge on any atom is 0.158 e. The topological polar surface area (TPSA) is 68.3 Å². The van der Waals surface area contributed by atoms with Crippen molar-refractivity contribution in [2.45, 2.75) is 13.0 Å². The lowest BCUT2D eigenvalue weighted by Gasteiger charge is -2.09. The standard InChI is InChI=1S/C11H20N4O2/c1-12-9-7-10(13-5-4-6-16-2)15-11(14-9)8-17-3/h7H,4-6,8H2,1-3H3,(H2,12,13,14,15). The molecule has 17 heavy (non-hydrogen) atoms. The number of nitrogens with one attached hydrogen (secondary N) is 2. The predicted molar refractivity (Wildman–Crippen MR) is 67.3 cm³/mol. The zero-order valence-electron chi connectivity index (χ0n) is 10.6. The number of rotatable bonds is 8. The maximum absolute atomic E-state index is 5.02. The molecule has 6 nitrogen and oxygen atoms in total. The molecule has 1 aromatic rings. The summed E-state index contributed by atoms with van der Waals surface area (Å²) in [6, 6.07) is 1.87. The second-order valence-corrected chi connectivity index (χ2v) is 3.51. The Morgan fingerprint density at radius 2 is 1.94 bits per heavy atom. The van der Waals surface area contributed by atoms with Crippen molar-refractivity contribution >= 4 is 11.6 Å². The molecule has 1 aromatic heterocycles. The van der Waals surface area contributed by atoms with Crippen molar-refractivity contribution in [1.82, 2.24) is 9.97 Å². The Labute approximate surface area is 102 Å². The first kappa shape index (κ1) is 13.7. The van der Waals surface area contributed by atoms with Gasteiger partial charge in [0, 0.05) is 40.5 Å². The monoisotopic (exact) mass is 240 g/mol. The number of ether oxygens (including phenoxy) is 2. The lowest BCUT2D eigenvalue weighted by Crippen LogP contribution is -2.09. The van der Waals surface area contributed by atoms with Crippen LogP contribution in [0.4, 0.5) is 11.6 Å². The molecule has 0 saturated heterocycles. The van der Waals surface area contributed by atoms with Crippen LogP contribution in [0.3, 0.4) is 0 Å². The van der Waals surface area contributed by atoms with Gasteiger partial charge in [-0.2, -0.15) is 0 Å². The molecule has 0 amide bonds. The number of aromatic nitrogens is 2. The van der Waals surface area contributed by atoms with Gasteiger partial charge in [0.15, 0.2) is 5.82 Å². The average Bonchev–Trinajstić information content (AvgIpc) is 2.35. The fourth-order valence-electron chi connectivity index (χ4n) is 1.34. The molecule has 0 unspecified atom stereocenters. The molecular formula is C11H20N4O2. The molecule has 0 aliphatic rings. The molecule has 96 valence electrons. The van der Waals surface area contributed by atoms with Gasteiger partial charge in [0.05, 0.1) is 0 Å². The van der Waals surface area contributed by atoms with E-state index in [4.69, 9.17) is 9.47 Å². The highest BCUT2D eigenvalue weighted by Crippen LogP contribution is 2.11. The first-order valence-corrected chi connectivity index (χ1v) is 5.57. The van der Waals surface area contributed by atoms with E-state index < -0.39 is 0 Å². The van der Waals surface area contributed by atoms with E-state index in [1.54, 1.807) is 14.2 Å². The second-order valence-electron chi connectivity index (χ2n) is 3.51. The fourth-order valence-corrected chi connectivity index (χ4v) is 1.34. The third-order valence-corrected chi connectivity index (χ3v) is 2.13. The zero-order chi connectivity index (χ0) is 12.5. The second kappa shape index (κ2) is 7.81. The molecule has 0 radical (unpaired) electrons. The van der Waals surface area contributed by atoms with E-state index in [2.05, 4.69) is 20.6 Å². The van der Waals surface area contributed by atoms with E-state index in [1.807, 2.05) is 13.1 Å². The largest absolute Gasteiger partial charge is 0.385 e. The van der Waals surface area contributed by atoms with Crippen molar-refractivity contribution in [2.24, 2.45) is 0 Å². The van der Waals surface area contributed by atoms with E-state index in [0.717, 1.165) is 31.2 Å². The van der Waals surface area contributed by atoms with E-state index in [0.29, 0.717) is 12.4 Å². The third-order valence-electron chi connectivity index (χ3n) is 2.13. The highest BCUT2D eigenvalue weighted by molar-refractivity contribution is 5.47. The van der Waals surface area contributed by atoms with Crippen LogP contribution < -0.4 is 10.6 Å². The van der Waals surface area contributed by atoms with Crippen LogP contribution in [0.5, 0.6) is 0 Å². The number of nitrogens with zero attached hydrogens (tertiary/aromatic N) is 2. The van der Waals surface area contributed by atoms with E-state index in [1.165, 1.54) is 0 Å². The smallest absolute Gasteiger partial charge is 0.158 e. The number of hydrogen-bond donors (Lipinski definition) is 2. The Bertz CT molecular complexity index is 333. The molecular weight excluding hydrogens is 220 g/mol. The molecule has 0 aliphatic carbocycles. The molecule has 0 atom stereocenters. The van der Waals surface area contributed by atoms with Crippen LogP contribution in [0.15, 0.2) is 6.07 Å². The summed E-state index contributed by atoms with van der Waals surface area (Å²) in [7, 11) is 5.15. The van der Waals surface area contributed by atoms with Crippen molar-refractivity contribution in [2.75, 3.05) is 45.1 Å². The lowest BCUT2D eigenvalue weighted by molar-refractivity contribution is 0.178. The summed E-state index contributed by atoms with van der Waals surface area (Å²) in [4.78, 5) is 8.61. The van der Waals surface area contributed by atoms with Crippen LogP contribution in [-0.2, 0) is 16.1 Å². The van der Waals surface area contributed by atoms with Gasteiger partial charge in [0.2, 0.25) is 0 Å². The van der Waals surface area contributed by atoms with Gasteiger partial charge in [-0.05, 0) is 6.42 Å². The van der Waals surface area contributed by atoms with E-state index in [-0.39, 0.29) is 0 Å². The van der Waals surface area contributed by atoms with Crippen molar-refractivity contribution in [3.8, 4) is 0 Å². The van der Waals surface area contributed by atoms with Gasteiger partial charge in [-0.15, -0.1) is 0 Å². The first-order valence-electron chi connectivity index (χ1n) is 5.57. The zero-order valence-corrected chi connectivity index (χ0v) is 10.6. The average molecular weight is 240 g/mol. The Morgan fingerprint density at radius 1 is 1.18 bits per heavy atom. The molecule has 0 saturated carbocycles. The Kier molecular flexibility index (Phi) is 6.27. The highest BCUT2D eigenvalue weighted by Gasteiger charge is 2.03. The maximum atomic E-state index is 5.02. The van der Waals surface area contributed by atoms with Gasteiger partial charge in [-0.25, -0.2) is 9.97 Å². The molecule has 1 heterocycles. The normalized spacial score (nSPS) is 10.3. The molecule has 6 heteroatoms. The Morgan fingerprint density at radius 3 is 2.59 bits per heavy atom. The van der Waals surface area contributed by atoms with Crippen molar-refractivity contribution in [3.05, 3.63) is 11.9 Å². The Hall–Kier alpha value is -1.40. The van der Waals surface area contributed by atoms with Crippen molar-refractivity contribution in [1.29, 1.82) is 0 Å². The molecule has 0 fully saturated rings. The van der Waals surface area contributed by atoms with Gasteiger partial charge in [0.1, 0.15) is 18.2 Å². The predicted octanol–water partition coefficient (Wildman–Crippen LogP) is 1.11. The van der Waals surface area contributed by atoms with Crippen LogP contribution >= 0.6 is 0 Å². The van der Waals surface area contributed by atoms with E-state index in [9.17, 15) is 0 Å². The van der Waals surface area contributed by atoms with Gasteiger partial charge in [0.25, 0.3) is 0 Å². The lowest BCUT2D eigenvalue weighted by atomic mass is 10.4. The van der Waals surface area contributed by atoms with Gasteiger partial charge < -0.3 is 20.1 Å². The molecule has 1 rings (SSSR count). The summed E-state index contributed by atoms with van der Waals surface area (Å²) in [5, 5.41) is 6.22. The van der Waals surface area contributed by atoms with Crippen LogP contribution in [-0.4, -0.2) is 44.4 Å². The van der Waals surface area contributed by atoms with Crippen LogP contribution in [0, 0.1) is 0 Å². The fraction of sp³-hybridized carbons (Fsp3) is 0.636. The summed E-state index contributed by atoms with van der Waals surface area (Å²) in [6.07, 6.45) is 0.939. The minimum Gasteiger partial charge on any atom is -0.385 e. The quantitative estimate of drug-likeness (QED) is 0.663. The van der Waals surface area contributed by atoms with Crippen molar-refractivity contribution in [3.63, 3.8) is 0 Å². The molecule has 0 aliphatic heterocycles. The van der Waals surface area contributed by atoms with Crippen LogP contribution in [0.1, 0.15) is 12.2 Å². The molecule has 2 N–H and O–H groups in total. The van der Waals surface area contributed by atoms with Gasteiger partial charge >= 0.3 is 0 Å². The minimum absolute atomic E-state index is 0.405. The molecule has 0 aromatic carbocycles. The summed E-state index contributed by atoms with van der Waals surface area (Å²) < 4.78 is 10.0. The minimum atomic E-state index is 0.405. The molecule has 0 spiro atoms. The Balaban J connectivity index is 2.59. The SMILES string of the molecule is CNc1cc(NCCCOC)nc(COC)n1. The molecule has 0 bridgehead atoms.